The molecule has 0 spiro atoms. The highest BCUT2D eigenvalue weighted by Crippen LogP contribution is 2.42. The molecule has 8 aromatic carbocycles. The average Bonchev–Trinajstić information content (AvgIpc) is 3.87. The number of hydrogen-bond donors (Lipinski definition) is 0. The number of nitrogens with zero attached hydrogens (tertiary/aromatic N) is 2. The maximum absolute atomic E-state index is 6.36. The van der Waals surface area contributed by atoms with Crippen molar-refractivity contribution in [2.24, 2.45) is 0 Å². The third-order valence-corrected chi connectivity index (χ3v) is 10.4. The van der Waals surface area contributed by atoms with E-state index in [4.69, 9.17) is 8.83 Å². The van der Waals surface area contributed by atoms with Gasteiger partial charge in [-0.25, -0.2) is 0 Å². The summed E-state index contributed by atoms with van der Waals surface area (Å²) in [6, 6.07) is 64.3. The molecule has 0 N–H and O–H groups in total. The quantitative estimate of drug-likeness (QED) is 0.183. The minimum Gasteiger partial charge on any atom is -0.456 e. The second kappa shape index (κ2) is 11.2. The highest BCUT2D eigenvalue weighted by molar-refractivity contribution is 6.10. The van der Waals surface area contributed by atoms with Crippen LogP contribution in [0.2, 0.25) is 0 Å². The standard InChI is InChI=1S/C48H30N2O2/c1-6-16-42(50-43-17-7-2-12-36(43)37-13-3-8-18-44(37)50)35(11-1)31-21-23-32(24-22-31)49(33-25-27-40-38-14-4-9-19-45(38)51-47(40)29-33)34-26-28-41-39-15-5-10-20-46(39)52-48(41)30-34/h1-30H. The third kappa shape index (κ3) is 4.34. The number of hydrogen-bond acceptors (Lipinski definition) is 3. The van der Waals surface area contributed by atoms with Gasteiger partial charge in [-0.15, -0.1) is 0 Å². The number of furan rings is 2. The van der Waals surface area contributed by atoms with Crippen molar-refractivity contribution in [2.75, 3.05) is 4.90 Å². The van der Waals surface area contributed by atoms with Crippen molar-refractivity contribution < 1.29 is 8.83 Å². The van der Waals surface area contributed by atoms with E-state index in [-0.39, 0.29) is 0 Å². The monoisotopic (exact) mass is 666 g/mol. The Kier molecular flexibility index (Phi) is 6.22. The van der Waals surface area contributed by atoms with Crippen LogP contribution in [0.5, 0.6) is 0 Å². The van der Waals surface area contributed by atoms with Crippen LogP contribution in [0.1, 0.15) is 0 Å². The van der Waals surface area contributed by atoms with Crippen LogP contribution in [0.3, 0.4) is 0 Å². The Balaban J connectivity index is 1.07. The number of fused-ring (bicyclic) bond motifs is 9. The fraction of sp³-hybridized carbons (Fsp3) is 0. The van der Waals surface area contributed by atoms with Crippen LogP contribution in [0, 0.1) is 0 Å². The lowest BCUT2D eigenvalue weighted by Gasteiger charge is -2.26. The summed E-state index contributed by atoms with van der Waals surface area (Å²) in [5.41, 5.74) is 12.4. The lowest BCUT2D eigenvalue weighted by Crippen LogP contribution is -2.09. The molecule has 4 heteroatoms. The minimum absolute atomic E-state index is 0.852. The van der Waals surface area contributed by atoms with Gasteiger partial charge >= 0.3 is 0 Å². The molecule has 11 aromatic rings. The van der Waals surface area contributed by atoms with Gasteiger partial charge in [0.15, 0.2) is 0 Å². The van der Waals surface area contributed by atoms with Gasteiger partial charge in [-0.05, 0) is 72.3 Å². The number of benzene rings is 8. The molecule has 0 radical (unpaired) electrons. The summed E-state index contributed by atoms with van der Waals surface area (Å²) in [4.78, 5) is 2.28. The van der Waals surface area contributed by atoms with Crippen molar-refractivity contribution in [1.82, 2.24) is 4.57 Å². The van der Waals surface area contributed by atoms with E-state index in [1.54, 1.807) is 0 Å². The fourth-order valence-electron chi connectivity index (χ4n) is 8.04. The van der Waals surface area contributed by atoms with E-state index in [0.29, 0.717) is 0 Å². The van der Waals surface area contributed by atoms with Crippen molar-refractivity contribution in [1.29, 1.82) is 0 Å². The Morgan fingerprint density at radius 3 is 1.37 bits per heavy atom. The maximum atomic E-state index is 6.36. The van der Waals surface area contributed by atoms with Crippen molar-refractivity contribution in [3.63, 3.8) is 0 Å². The van der Waals surface area contributed by atoms with Gasteiger partial charge in [0.1, 0.15) is 22.3 Å². The van der Waals surface area contributed by atoms with E-state index in [1.807, 2.05) is 24.3 Å². The SMILES string of the molecule is c1ccc(-n2c3ccccc3c3ccccc32)c(-c2ccc(N(c3ccc4c(c3)oc3ccccc34)c3ccc4c(c3)oc3ccccc34)cc2)c1. The van der Waals surface area contributed by atoms with Gasteiger partial charge < -0.3 is 18.3 Å². The van der Waals surface area contributed by atoms with Gasteiger partial charge in [-0.1, -0.05) is 103 Å². The van der Waals surface area contributed by atoms with Crippen molar-refractivity contribution in [2.45, 2.75) is 0 Å². The van der Waals surface area contributed by atoms with Crippen LogP contribution in [0.4, 0.5) is 17.1 Å². The molecule has 0 aliphatic heterocycles. The maximum Gasteiger partial charge on any atom is 0.137 e. The Hall–Kier alpha value is -7.04. The Morgan fingerprint density at radius 2 is 0.788 bits per heavy atom. The molecule has 3 aromatic heterocycles. The zero-order chi connectivity index (χ0) is 34.2. The molecule has 0 bridgehead atoms. The van der Waals surface area contributed by atoms with Crippen LogP contribution in [0.15, 0.2) is 191 Å². The Labute approximate surface area is 299 Å². The molecule has 244 valence electrons. The Morgan fingerprint density at radius 1 is 0.346 bits per heavy atom. The smallest absolute Gasteiger partial charge is 0.137 e. The lowest BCUT2D eigenvalue weighted by atomic mass is 10.0. The van der Waals surface area contributed by atoms with Crippen molar-refractivity contribution >= 4 is 82.7 Å². The van der Waals surface area contributed by atoms with Gasteiger partial charge in [0.05, 0.1) is 16.7 Å². The van der Waals surface area contributed by atoms with E-state index in [0.717, 1.165) is 72.2 Å². The predicted molar refractivity (Wildman–Crippen MR) is 215 cm³/mol. The van der Waals surface area contributed by atoms with E-state index >= 15 is 0 Å². The molecular formula is C48H30N2O2. The van der Waals surface area contributed by atoms with E-state index in [9.17, 15) is 0 Å². The lowest BCUT2D eigenvalue weighted by molar-refractivity contribution is 0.669. The highest BCUT2D eigenvalue weighted by Gasteiger charge is 2.19. The topological polar surface area (TPSA) is 34.5 Å². The van der Waals surface area contributed by atoms with Crippen LogP contribution in [0.25, 0.3) is 82.5 Å². The number of anilines is 3. The molecule has 0 saturated carbocycles. The molecular weight excluding hydrogens is 637 g/mol. The van der Waals surface area contributed by atoms with E-state index in [1.165, 1.54) is 27.4 Å². The summed E-state index contributed by atoms with van der Waals surface area (Å²) < 4.78 is 15.1. The van der Waals surface area contributed by atoms with Gasteiger partial charge in [0.25, 0.3) is 0 Å². The van der Waals surface area contributed by atoms with Crippen LogP contribution in [-0.4, -0.2) is 4.57 Å². The van der Waals surface area contributed by atoms with Crippen molar-refractivity contribution in [3.8, 4) is 16.8 Å². The minimum atomic E-state index is 0.852. The molecule has 0 fully saturated rings. The average molecular weight is 667 g/mol. The molecule has 3 heterocycles. The molecule has 0 atom stereocenters. The number of para-hydroxylation sites is 5. The third-order valence-electron chi connectivity index (χ3n) is 10.4. The molecule has 4 nitrogen and oxygen atoms in total. The Bertz CT molecular complexity index is 2980. The molecule has 0 aliphatic carbocycles. The van der Waals surface area contributed by atoms with Gasteiger partial charge in [-0.2, -0.15) is 0 Å². The summed E-state index contributed by atoms with van der Waals surface area (Å²) in [5, 5.41) is 6.94. The molecule has 0 unspecified atom stereocenters. The van der Waals surface area contributed by atoms with Crippen molar-refractivity contribution in [3.05, 3.63) is 182 Å². The first-order valence-electron chi connectivity index (χ1n) is 17.6. The number of aromatic nitrogens is 1. The normalized spacial score (nSPS) is 11.8. The van der Waals surface area contributed by atoms with Crippen LogP contribution < -0.4 is 4.90 Å². The predicted octanol–water partition coefficient (Wildman–Crippen LogP) is 13.7. The number of rotatable bonds is 5. The molecule has 52 heavy (non-hydrogen) atoms. The van der Waals surface area contributed by atoms with Gasteiger partial charge in [0.2, 0.25) is 0 Å². The largest absolute Gasteiger partial charge is 0.456 e. The van der Waals surface area contributed by atoms with E-state index in [2.05, 4.69) is 167 Å². The summed E-state index contributed by atoms with van der Waals surface area (Å²) in [6.45, 7) is 0. The van der Waals surface area contributed by atoms with Gasteiger partial charge in [0, 0.05) is 67.1 Å². The van der Waals surface area contributed by atoms with Gasteiger partial charge in [-0.3, -0.25) is 0 Å². The summed E-state index contributed by atoms with van der Waals surface area (Å²) in [5.74, 6) is 0. The van der Waals surface area contributed by atoms with Crippen LogP contribution in [-0.2, 0) is 0 Å². The summed E-state index contributed by atoms with van der Waals surface area (Å²) in [6.07, 6.45) is 0. The zero-order valence-corrected chi connectivity index (χ0v) is 28.0. The molecule has 11 rings (SSSR count). The summed E-state index contributed by atoms with van der Waals surface area (Å²) >= 11 is 0. The first-order valence-corrected chi connectivity index (χ1v) is 17.6. The first-order chi connectivity index (χ1) is 25.8. The summed E-state index contributed by atoms with van der Waals surface area (Å²) in [7, 11) is 0. The molecule has 0 aliphatic rings. The molecule has 0 amide bonds. The zero-order valence-electron chi connectivity index (χ0n) is 28.0. The highest BCUT2D eigenvalue weighted by atomic mass is 16.3. The van der Waals surface area contributed by atoms with E-state index < -0.39 is 0 Å². The second-order valence-corrected chi connectivity index (χ2v) is 13.3. The molecule has 0 saturated heterocycles. The fourth-order valence-corrected chi connectivity index (χ4v) is 8.04. The van der Waals surface area contributed by atoms with Crippen LogP contribution >= 0.6 is 0 Å². The second-order valence-electron chi connectivity index (χ2n) is 13.3. The first kappa shape index (κ1) is 28.8.